The van der Waals surface area contributed by atoms with Gasteiger partial charge in [-0.05, 0) is 6.92 Å². The standard InChI is InChI=1S/C4H11IN2/c1-4(3-5)7(2)6/h4H,3,6H2,1-2H3. The number of hydrazine groups is 1. The molecule has 1 atom stereocenters. The molecule has 1 unspecified atom stereocenters. The van der Waals surface area contributed by atoms with Crippen LogP contribution in [0.25, 0.3) is 0 Å². The molecule has 0 aliphatic rings. The lowest BCUT2D eigenvalue weighted by Crippen LogP contribution is -2.36. The van der Waals surface area contributed by atoms with Crippen LogP contribution in [0.15, 0.2) is 0 Å². The Morgan fingerprint density at radius 2 is 2.29 bits per heavy atom. The van der Waals surface area contributed by atoms with E-state index >= 15 is 0 Å². The first-order valence-corrected chi connectivity index (χ1v) is 3.74. The number of hydrogen-bond donors (Lipinski definition) is 1. The fourth-order valence-electron chi connectivity index (χ4n) is 0.109. The second kappa shape index (κ2) is 3.63. The largest absolute Gasteiger partial charge is 0.269 e. The van der Waals surface area contributed by atoms with E-state index in [-0.39, 0.29) is 0 Å². The molecule has 0 rings (SSSR count). The zero-order valence-electron chi connectivity index (χ0n) is 4.69. The fourth-order valence-corrected chi connectivity index (χ4v) is 0.730. The van der Waals surface area contributed by atoms with Crippen molar-refractivity contribution in [2.24, 2.45) is 5.84 Å². The molecule has 0 bridgehead atoms. The van der Waals surface area contributed by atoms with Crippen molar-refractivity contribution >= 4 is 22.6 Å². The molecule has 0 heterocycles. The predicted molar refractivity (Wildman–Crippen MR) is 40.3 cm³/mol. The number of rotatable bonds is 2. The lowest BCUT2D eigenvalue weighted by atomic mass is 10.4. The van der Waals surface area contributed by atoms with Crippen molar-refractivity contribution in [3.63, 3.8) is 0 Å². The highest BCUT2D eigenvalue weighted by molar-refractivity contribution is 14.1. The van der Waals surface area contributed by atoms with Gasteiger partial charge in [0.15, 0.2) is 0 Å². The van der Waals surface area contributed by atoms with Crippen molar-refractivity contribution in [2.45, 2.75) is 13.0 Å². The average Bonchev–Trinajstić information content (AvgIpc) is 1.65. The van der Waals surface area contributed by atoms with Gasteiger partial charge in [-0.25, -0.2) is 5.01 Å². The molecule has 0 saturated carbocycles. The maximum atomic E-state index is 5.37. The van der Waals surface area contributed by atoms with E-state index < -0.39 is 0 Å². The highest BCUT2D eigenvalue weighted by atomic mass is 127. The molecule has 0 fully saturated rings. The molecule has 0 saturated heterocycles. The monoisotopic (exact) mass is 214 g/mol. The second-order valence-electron chi connectivity index (χ2n) is 1.67. The van der Waals surface area contributed by atoms with E-state index in [1.54, 1.807) is 5.01 Å². The Morgan fingerprint density at radius 1 is 1.86 bits per heavy atom. The van der Waals surface area contributed by atoms with Crippen molar-refractivity contribution in [3.05, 3.63) is 0 Å². The summed E-state index contributed by atoms with van der Waals surface area (Å²) in [6.07, 6.45) is 0. The highest BCUT2D eigenvalue weighted by Crippen LogP contribution is 1.92. The molecule has 0 amide bonds. The normalized spacial score (nSPS) is 15.0. The van der Waals surface area contributed by atoms with E-state index in [0.29, 0.717) is 6.04 Å². The zero-order valence-corrected chi connectivity index (χ0v) is 6.84. The van der Waals surface area contributed by atoms with Crippen LogP contribution >= 0.6 is 22.6 Å². The summed E-state index contributed by atoms with van der Waals surface area (Å²) in [7, 11) is 1.88. The van der Waals surface area contributed by atoms with Crippen LogP contribution in [0.5, 0.6) is 0 Å². The predicted octanol–water partition coefficient (Wildman–Crippen LogP) is 0.615. The molecule has 2 nitrogen and oxygen atoms in total. The third-order valence-electron chi connectivity index (χ3n) is 0.919. The summed E-state index contributed by atoms with van der Waals surface area (Å²) in [5, 5.41) is 1.71. The number of nitrogens with two attached hydrogens (primary N) is 1. The van der Waals surface area contributed by atoms with Crippen LogP contribution in [-0.4, -0.2) is 22.5 Å². The van der Waals surface area contributed by atoms with Crippen LogP contribution in [0.2, 0.25) is 0 Å². The van der Waals surface area contributed by atoms with Crippen molar-refractivity contribution in [1.29, 1.82) is 0 Å². The summed E-state index contributed by atoms with van der Waals surface area (Å²) in [4.78, 5) is 0. The van der Waals surface area contributed by atoms with E-state index in [1.807, 2.05) is 7.05 Å². The Balaban J connectivity index is 3.14. The van der Waals surface area contributed by atoms with Crippen molar-refractivity contribution in [2.75, 3.05) is 11.5 Å². The zero-order chi connectivity index (χ0) is 5.86. The Morgan fingerprint density at radius 3 is 2.29 bits per heavy atom. The van der Waals surface area contributed by atoms with Gasteiger partial charge in [0, 0.05) is 17.5 Å². The van der Waals surface area contributed by atoms with Gasteiger partial charge in [-0.3, -0.25) is 5.84 Å². The van der Waals surface area contributed by atoms with Gasteiger partial charge >= 0.3 is 0 Å². The summed E-state index contributed by atoms with van der Waals surface area (Å²) >= 11 is 2.31. The van der Waals surface area contributed by atoms with Crippen LogP contribution in [0, 0.1) is 0 Å². The molecule has 0 aliphatic carbocycles. The van der Waals surface area contributed by atoms with Crippen LogP contribution in [-0.2, 0) is 0 Å². The van der Waals surface area contributed by atoms with Gasteiger partial charge in [0.25, 0.3) is 0 Å². The number of halogens is 1. The molecule has 3 heteroatoms. The Labute approximate surface area is 58.2 Å². The quantitative estimate of drug-likeness (QED) is 0.316. The number of alkyl halides is 1. The minimum atomic E-state index is 0.501. The van der Waals surface area contributed by atoms with E-state index in [1.165, 1.54) is 0 Å². The molecule has 0 aromatic heterocycles. The molecule has 0 aliphatic heterocycles. The summed E-state index contributed by atoms with van der Waals surface area (Å²) in [5.41, 5.74) is 0. The van der Waals surface area contributed by atoms with Crippen molar-refractivity contribution in [3.8, 4) is 0 Å². The summed E-state index contributed by atoms with van der Waals surface area (Å²) in [6, 6.07) is 0.501. The third-order valence-corrected chi connectivity index (χ3v) is 2.19. The van der Waals surface area contributed by atoms with Crippen molar-refractivity contribution in [1.82, 2.24) is 5.01 Å². The fraction of sp³-hybridized carbons (Fsp3) is 1.00. The second-order valence-corrected chi connectivity index (χ2v) is 2.55. The maximum Gasteiger partial charge on any atom is 0.0299 e. The summed E-state index contributed by atoms with van der Waals surface area (Å²) in [5.74, 6) is 5.37. The first-order chi connectivity index (χ1) is 3.18. The first kappa shape index (κ1) is 7.65. The van der Waals surface area contributed by atoms with E-state index in [2.05, 4.69) is 29.5 Å². The van der Waals surface area contributed by atoms with E-state index in [0.717, 1.165) is 4.43 Å². The summed E-state index contributed by atoms with van der Waals surface area (Å²) in [6.45, 7) is 2.09. The van der Waals surface area contributed by atoms with E-state index in [4.69, 9.17) is 5.84 Å². The maximum absolute atomic E-state index is 5.37. The molecular formula is C4H11IN2. The molecule has 0 aromatic rings. The summed E-state index contributed by atoms with van der Waals surface area (Å²) < 4.78 is 1.09. The first-order valence-electron chi connectivity index (χ1n) is 2.22. The minimum Gasteiger partial charge on any atom is -0.269 e. The molecule has 0 spiro atoms. The Bertz CT molecular complexity index is 47.0. The van der Waals surface area contributed by atoms with Gasteiger partial charge in [0.05, 0.1) is 0 Å². The van der Waals surface area contributed by atoms with Gasteiger partial charge in [-0.2, -0.15) is 0 Å². The van der Waals surface area contributed by atoms with Crippen LogP contribution in [0.4, 0.5) is 0 Å². The molecule has 2 N–H and O–H groups in total. The molecule has 0 aromatic carbocycles. The van der Waals surface area contributed by atoms with E-state index in [9.17, 15) is 0 Å². The molecule has 44 valence electrons. The topological polar surface area (TPSA) is 29.3 Å². The third kappa shape index (κ3) is 3.25. The average molecular weight is 214 g/mol. The van der Waals surface area contributed by atoms with Gasteiger partial charge in [-0.1, -0.05) is 22.6 Å². The lowest BCUT2D eigenvalue weighted by Gasteiger charge is -2.15. The van der Waals surface area contributed by atoms with Gasteiger partial charge in [0.2, 0.25) is 0 Å². The SMILES string of the molecule is CC(CI)N(C)N. The Hall–Kier alpha value is 0.650. The number of hydrogen-bond acceptors (Lipinski definition) is 2. The lowest BCUT2D eigenvalue weighted by molar-refractivity contribution is 0.291. The molecular weight excluding hydrogens is 203 g/mol. The van der Waals surface area contributed by atoms with Gasteiger partial charge < -0.3 is 0 Å². The molecule has 0 radical (unpaired) electrons. The van der Waals surface area contributed by atoms with Gasteiger partial charge in [0.1, 0.15) is 0 Å². The Kier molecular flexibility index (Phi) is 3.96. The minimum absolute atomic E-state index is 0.501. The van der Waals surface area contributed by atoms with Gasteiger partial charge in [-0.15, -0.1) is 0 Å². The van der Waals surface area contributed by atoms with Crippen LogP contribution < -0.4 is 5.84 Å². The van der Waals surface area contributed by atoms with Crippen LogP contribution in [0.1, 0.15) is 6.92 Å². The van der Waals surface area contributed by atoms with Crippen LogP contribution in [0.3, 0.4) is 0 Å². The number of nitrogens with zero attached hydrogens (tertiary/aromatic N) is 1. The smallest absolute Gasteiger partial charge is 0.0299 e. The van der Waals surface area contributed by atoms with Crippen molar-refractivity contribution < 1.29 is 0 Å². The molecule has 7 heavy (non-hydrogen) atoms. The highest BCUT2D eigenvalue weighted by Gasteiger charge is 1.98.